The second-order valence-electron chi connectivity index (χ2n) is 7.11. The number of benzene rings is 2. The molecule has 0 saturated heterocycles. The largest absolute Gasteiger partial charge is 0.455 e. The van der Waals surface area contributed by atoms with Crippen LogP contribution in [0.5, 0.6) is 11.5 Å². The Hall–Kier alpha value is -2.80. The molecule has 0 saturated carbocycles. The summed E-state index contributed by atoms with van der Waals surface area (Å²) in [4.78, 5) is 12.5. The van der Waals surface area contributed by atoms with Crippen LogP contribution in [0.4, 0.5) is 5.69 Å². The Bertz CT molecular complexity index is 985. The molecule has 1 aromatic heterocycles. The summed E-state index contributed by atoms with van der Waals surface area (Å²) in [6.07, 6.45) is 4.46. The number of nitrogens with one attached hydrogen (secondary N) is 1. The maximum Gasteiger partial charge on any atom is 0.234 e. The number of ether oxygens (including phenoxy) is 1. The van der Waals surface area contributed by atoms with Crippen LogP contribution in [0.2, 0.25) is 0 Å². The Kier molecular flexibility index (Phi) is 6.14. The van der Waals surface area contributed by atoms with E-state index in [4.69, 9.17) is 4.74 Å². The van der Waals surface area contributed by atoms with Crippen LogP contribution in [0, 0.1) is 6.92 Å². The van der Waals surface area contributed by atoms with Gasteiger partial charge in [-0.3, -0.25) is 4.79 Å². The zero-order chi connectivity index (χ0) is 20.1. The Balaban J connectivity index is 1.39. The van der Waals surface area contributed by atoms with Crippen LogP contribution < -0.4 is 10.1 Å². The molecule has 6 nitrogen and oxygen atoms in total. The number of nitrogens with zero attached hydrogens (tertiary/aromatic N) is 3. The van der Waals surface area contributed by atoms with E-state index in [9.17, 15) is 4.79 Å². The fraction of sp³-hybridized carbons (Fsp3) is 0.318. The Labute approximate surface area is 174 Å². The van der Waals surface area contributed by atoms with Gasteiger partial charge in [-0.1, -0.05) is 48.0 Å². The van der Waals surface area contributed by atoms with Gasteiger partial charge < -0.3 is 14.6 Å². The van der Waals surface area contributed by atoms with E-state index in [1.807, 2.05) is 55.5 Å². The number of amides is 1. The molecule has 1 amide bonds. The molecule has 3 aromatic rings. The average molecular weight is 409 g/mol. The number of thioether (sulfide) groups is 1. The molecule has 1 N–H and O–H groups in total. The quantitative estimate of drug-likeness (QED) is 0.591. The summed E-state index contributed by atoms with van der Waals surface area (Å²) in [5.41, 5.74) is 1.82. The van der Waals surface area contributed by atoms with Crippen LogP contribution in [-0.2, 0) is 17.8 Å². The topological polar surface area (TPSA) is 69.0 Å². The van der Waals surface area contributed by atoms with Gasteiger partial charge in [0.25, 0.3) is 0 Å². The van der Waals surface area contributed by atoms with Crippen molar-refractivity contribution in [3.05, 3.63) is 59.9 Å². The SMILES string of the molecule is Cc1ccc(Oc2ccccc2NC(=O)CSc2nnc3n2CCCCC3)cc1. The van der Waals surface area contributed by atoms with Crippen molar-refractivity contribution < 1.29 is 9.53 Å². The van der Waals surface area contributed by atoms with Gasteiger partial charge in [-0.25, -0.2) is 0 Å². The molecule has 4 rings (SSSR count). The highest BCUT2D eigenvalue weighted by atomic mass is 32.2. The molecule has 150 valence electrons. The summed E-state index contributed by atoms with van der Waals surface area (Å²) < 4.78 is 8.11. The summed E-state index contributed by atoms with van der Waals surface area (Å²) in [6.45, 7) is 2.96. The molecule has 2 heterocycles. The third-order valence-corrected chi connectivity index (χ3v) is 5.78. The number of rotatable bonds is 6. The number of anilines is 1. The van der Waals surface area contributed by atoms with Crippen LogP contribution >= 0.6 is 11.8 Å². The molecule has 29 heavy (non-hydrogen) atoms. The van der Waals surface area contributed by atoms with Gasteiger partial charge >= 0.3 is 0 Å². The number of carbonyl (C=O) groups excluding carboxylic acids is 1. The van der Waals surface area contributed by atoms with Gasteiger partial charge in [0.15, 0.2) is 10.9 Å². The first-order valence-electron chi connectivity index (χ1n) is 9.87. The molecule has 7 heteroatoms. The van der Waals surface area contributed by atoms with Crippen molar-refractivity contribution in [2.24, 2.45) is 0 Å². The summed E-state index contributed by atoms with van der Waals surface area (Å²) >= 11 is 1.43. The predicted molar refractivity (Wildman–Crippen MR) is 115 cm³/mol. The van der Waals surface area contributed by atoms with Crippen molar-refractivity contribution in [1.82, 2.24) is 14.8 Å². The van der Waals surface area contributed by atoms with Crippen molar-refractivity contribution in [3.8, 4) is 11.5 Å². The minimum Gasteiger partial charge on any atom is -0.455 e. The van der Waals surface area contributed by atoms with Crippen molar-refractivity contribution in [2.45, 2.75) is 44.3 Å². The monoisotopic (exact) mass is 408 g/mol. The van der Waals surface area contributed by atoms with E-state index in [0.29, 0.717) is 11.4 Å². The van der Waals surface area contributed by atoms with Crippen LogP contribution in [0.25, 0.3) is 0 Å². The van der Waals surface area contributed by atoms with Gasteiger partial charge in [0, 0.05) is 13.0 Å². The Morgan fingerprint density at radius 2 is 1.93 bits per heavy atom. The minimum absolute atomic E-state index is 0.0964. The second-order valence-corrected chi connectivity index (χ2v) is 8.05. The van der Waals surface area contributed by atoms with Crippen LogP contribution in [0.15, 0.2) is 53.7 Å². The number of para-hydroxylation sites is 2. The standard InChI is InChI=1S/C22H24N4O2S/c1-16-10-12-17(13-11-16)28-19-8-5-4-7-18(19)23-21(27)15-29-22-25-24-20-9-3-2-6-14-26(20)22/h4-5,7-8,10-13H,2-3,6,9,14-15H2,1H3,(H,23,27). The van der Waals surface area contributed by atoms with E-state index < -0.39 is 0 Å². The zero-order valence-corrected chi connectivity index (χ0v) is 17.2. The third kappa shape index (κ3) is 4.98. The lowest BCUT2D eigenvalue weighted by Crippen LogP contribution is -2.15. The molecule has 0 unspecified atom stereocenters. The fourth-order valence-electron chi connectivity index (χ4n) is 3.27. The van der Waals surface area contributed by atoms with E-state index in [1.54, 1.807) is 0 Å². The smallest absolute Gasteiger partial charge is 0.234 e. The normalized spacial score (nSPS) is 13.4. The highest BCUT2D eigenvalue weighted by Gasteiger charge is 2.16. The second kappa shape index (κ2) is 9.13. The summed E-state index contributed by atoms with van der Waals surface area (Å²) in [7, 11) is 0. The average Bonchev–Trinajstić information content (AvgIpc) is 2.95. The maximum absolute atomic E-state index is 12.5. The van der Waals surface area contributed by atoms with E-state index in [0.717, 1.165) is 42.5 Å². The lowest BCUT2D eigenvalue weighted by atomic mass is 10.2. The molecule has 0 radical (unpaired) electrons. The van der Waals surface area contributed by atoms with Crippen LogP contribution in [-0.4, -0.2) is 26.4 Å². The summed E-state index contributed by atoms with van der Waals surface area (Å²) in [5, 5.41) is 12.3. The van der Waals surface area contributed by atoms with Gasteiger partial charge in [0.05, 0.1) is 11.4 Å². The van der Waals surface area contributed by atoms with E-state index in [2.05, 4.69) is 20.1 Å². The molecule has 0 bridgehead atoms. The summed E-state index contributed by atoms with van der Waals surface area (Å²) in [6, 6.07) is 15.3. The Morgan fingerprint density at radius 3 is 2.79 bits per heavy atom. The molecule has 1 aliphatic rings. The highest BCUT2D eigenvalue weighted by Crippen LogP contribution is 2.30. The predicted octanol–water partition coefficient (Wildman–Crippen LogP) is 4.84. The minimum atomic E-state index is -0.0964. The van der Waals surface area contributed by atoms with Gasteiger partial charge in [0.2, 0.25) is 5.91 Å². The molecule has 0 atom stereocenters. The van der Waals surface area contributed by atoms with Crippen LogP contribution in [0.1, 0.15) is 30.7 Å². The van der Waals surface area contributed by atoms with Crippen molar-refractivity contribution in [2.75, 3.05) is 11.1 Å². The number of aromatic nitrogens is 3. The lowest BCUT2D eigenvalue weighted by molar-refractivity contribution is -0.113. The van der Waals surface area contributed by atoms with Gasteiger partial charge in [-0.15, -0.1) is 10.2 Å². The molecule has 0 spiro atoms. The maximum atomic E-state index is 12.5. The molecule has 0 fully saturated rings. The van der Waals surface area contributed by atoms with Crippen molar-refractivity contribution >= 4 is 23.4 Å². The van der Waals surface area contributed by atoms with Gasteiger partial charge in [0.1, 0.15) is 11.6 Å². The van der Waals surface area contributed by atoms with Gasteiger partial charge in [-0.2, -0.15) is 0 Å². The Morgan fingerprint density at radius 1 is 1.10 bits per heavy atom. The molecule has 0 aliphatic carbocycles. The number of aryl methyl sites for hydroxylation is 2. The van der Waals surface area contributed by atoms with E-state index >= 15 is 0 Å². The van der Waals surface area contributed by atoms with E-state index in [1.165, 1.54) is 23.7 Å². The first kappa shape index (κ1) is 19.5. The molecule has 1 aliphatic heterocycles. The highest BCUT2D eigenvalue weighted by molar-refractivity contribution is 7.99. The van der Waals surface area contributed by atoms with E-state index in [-0.39, 0.29) is 11.7 Å². The molecular weight excluding hydrogens is 384 g/mol. The number of carbonyl (C=O) groups is 1. The zero-order valence-electron chi connectivity index (χ0n) is 16.4. The third-order valence-electron chi connectivity index (χ3n) is 4.82. The summed E-state index contributed by atoms with van der Waals surface area (Å²) in [5.74, 6) is 2.56. The van der Waals surface area contributed by atoms with Crippen molar-refractivity contribution in [3.63, 3.8) is 0 Å². The first-order valence-corrected chi connectivity index (χ1v) is 10.9. The number of hydrogen-bond donors (Lipinski definition) is 1. The van der Waals surface area contributed by atoms with Crippen LogP contribution in [0.3, 0.4) is 0 Å². The van der Waals surface area contributed by atoms with Gasteiger partial charge in [-0.05, 0) is 44.0 Å². The number of fused-ring (bicyclic) bond motifs is 1. The fourth-order valence-corrected chi connectivity index (χ4v) is 4.06. The molecular formula is C22H24N4O2S. The molecule has 2 aromatic carbocycles. The van der Waals surface area contributed by atoms with Crippen molar-refractivity contribution in [1.29, 1.82) is 0 Å². The number of hydrogen-bond acceptors (Lipinski definition) is 5. The lowest BCUT2D eigenvalue weighted by Gasteiger charge is -2.12. The first-order chi connectivity index (χ1) is 14.2.